The first-order valence-corrected chi connectivity index (χ1v) is 9.56. The fourth-order valence-electron chi connectivity index (χ4n) is 4.29. The molecule has 0 spiro atoms. The summed E-state index contributed by atoms with van der Waals surface area (Å²) in [5.74, 6) is 1.29. The van der Waals surface area contributed by atoms with E-state index < -0.39 is 5.60 Å². The van der Waals surface area contributed by atoms with Gasteiger partial charge in [-0.1, -0.05) is 0 Å². The lowest BCUT2D eigenvalue weighted by molar-refractivity contribution is -0.151. The van der Waals surface area contributed by atoms with E-state index in [0.717, 1.165) is 39.0 Å². The first kappa shape index (κ1) is 18.5. The Morgan fingerprint density at radius 1 is 1.04 bits per heavy atom. The van der Waals surface area contributed by atoms with Gasteiger partial charge in [0, 0.05) is 25.7 Å². The summed E-state index contributed by atoms with van der Waals surface area (Å²) < 4.78 is 10.3. The Balaban J connectivity index is 1.42. The molecule has 3 fully saturated rings. The normalized spacial score (nSPS) is 31.0. The molecule has 0 aromatic carbocycles. The van der Waals surface area contributed by atoms with Gasteiger partial charge in [-0.05, 0) is 64.8 Å². The maximum absolute atomic E-state index is 12.1. The number of carbonyl (C=O) groups excluding carboxylic acids is 2. The highest BCUT2D eigenvalue weighted by molar-refractivity contribution is 5.73. The van der Waals surface area contributed by atoms with Gasteiger partial charge >= 0.3 is 12.1 Å². The lowest BCUT2D eigenvalue weighted by Gasteiger charge is -2.50. The number of hydrogen-bond donors (Lipinski definition) is 0. The lowest BCUT2D eigenvalue weighted by atomic mass is 9.76. The molecule has 0 aromatic heterocycles. The van der Waals surface area contributed by atoms with Gasteiger partial charge < -0.3 is 19.3 Å². The third kappa shape index (κ3) is 4.27. The quantitative estimate of drug-likeness (QED) is 0.731. The molecule has 25 heavy (non-hydrogen) atoms. The van der Waals surface area contributed by atoms with Crippen LogP contribution in [0.3, 0.4) is 0 Å². The third-order valence-electron chi connectivity index (χ3n) is 5.88. The molecule has 0 N–H and O–H groups in total. The minimum absolute atomic E-state index is 0.0585. The maximum Gasteiger partial charge on any atom is 0.410 e. The Morgan fingerprint density at radius 2 is 1.72 bits per heavy atom. The van der Waals surface area contributed by atoms with E-state index in [-0.39, 0.29) is 18.0 Å². The topological polar surface area (TPSA) is 59.1 Å². The summed E-state index contributed by atoms with van der Waals surface area (Å²) in [6.45, 7) is 9.60. The van der Waals surface area contributed by atoms with Gasteiger partial charge in [0.15, 0.2) is 0 Å². The first-order chi connectivity index (χ1) is 11.8. The van der Waals surface area contributed by atoms with Crippen molar-refractivity contribution in [2.75, 3.05) is 33.3 Å². The molecule has 0 unspecified atom stereocenters. The van der Waals surface area contributed by atoms with Crippen molar-refractivity contribution in [3.05, 3.63) is 0 Å². The molecule has 0 bridgehead atoms. The van der Waals surface area contributed by atoms with Crippen molar-refractivity contribution < 1.29 is 19.1 Å². The van der Waals surface area contributed by atoms with E-state index in [1.807, 2.05) is 25.7 Å². The first-order valence-electron chi connectivity index (χ1n) is 9.56. The lowest BCUT2D eigenvalue weighted by Crippen LogP contribution is -2.58. The average molecular weight is 352 g/mol. The average Bonchev–Trinajstić information content (AvgIpc) is 2.42. The highest BCUT2D eigenvalue weighted by atomic mass is 16.6. The van der Waals surface area contributed by atoms with Crippen molar-refractivity contribution in [3.8, 4) is 0 Å². The monoisotopic (exact) mass is 352 g/mol. The summed E-state index contributed by atoms with van der Waals surface area (Å²) in [6, 6.07) is 0.536. The van der Waals surface area contributed by atoms with Crippen LogP contribution in [0, 0.1) is 17.8 Å². The van der Waals surface area contributed by atoms with Crippen LogP contribution in [0.15, 0.2) is 0 Å². The van der Waals surface area contributed by atoms with Crippen LogP contribution in [0.25, 0.3) is 0 Å². The zero-order valence-corrected chi connectivity index (χ0v) is 16.0. The summed E-state index contributed by atoms with van der Waals surface area (Å²) in [4.78, 5) is 28.0. The fourth-order valence-corrected chi connectivity index (χ4v) is 4.29. The number of hydrogen-bond acceptors (Lipinski definition) is 5. The van der Waals surface area contributed by atoms with Crippen molar-refractivity contribution in [3.63, 3.8) is 0 Å². The van der Waals surface area contributed by atoms with E-state index in [9.17, 15) is 9.59 Å². The minimum Gasteiger partial charge on any atom is -0.469 e. The second-order valence-electron chi connectivity index (χ2n) is 8.89. The predicted molar refractivity (Wildman–Crippen MR) is 94.1 cm³/mol. The Bertz CT molecular complexity index is 504. The molecule has 1 amide bonds. The van der Waals surface area contributed by atoms with Gasteiger partial charge in [0.05, 0.1) is 13.0 Å². The van der Waals surface area contributed by atoms with Gasteiger partial charge in [0.25, 0.3) is 0 Å². The number of piperidine rings is 1. The molecule has 1 atom stereocenters. The molecule has 6 heteroatoms. The van der Waals surface area contributed by atoms with Crippen molar-refractivity contribution >= 4 is 12.1 Å². The fraction of sp³-hybridized carbons (Fsp3) is 0.895. The van der Waals surface area contributed by atoms with E-state index >= 15 is 0 Å². The standard InChI is InChI=1S/C19H32N2O4/c1-19(2,3)25-18(23)21-11-15(12-21)13-6-5-7-20(10-13)16-8-14(9-16)17(22)24-4/h13-16H,5-12H2,1-4H3/t13-,14?,16?/m0/s1. The van der Waals surface area contributed by atoms with E-state index in [2.05, 4.69) is 4.90 Å². The molecule has 3 aliphatic rings. The highest BCUT2D eigenvalue weighted by Gasteiger charge is 2.43. The minimum atomic E-state index is -0.426. The largest absolute Gasteiger partial charge is 0.469 e. The highest BCUT2D eigenvalue weighted by Crippen LogP contribution is 2.38. The van der Waals surface area contributed by atoms with E-state index in [1.54, 1.807) is 0 Å². The molecule has 1 aliphatic carbocycles. The van der Waals surface area contributed by atoms with Crippen LogP contribution < -0.4 is 0 Å². The maximum atomic E-state index is 12.1. The third-order valence-corrected chi connectivity index (χ3v) is 5.88. The van der Waals surface area contributed by atoms with E-state index in [1.165, 1.54) is 20.0 Å². The summed E-state index contributed by atoms with van der Waals surface area (Å²) in [7, 11) is 1.47. The molecule has 2 heterocycles. The number of ether oxygens (including phenoxy) is 2. The van der Waals surface area contributed by atoms with Gasteiger partial charge in [0.1, 0.15) is 5.60 Å². The Morgan fingerprint density at radius 3 is 2.32 bits per heavy atom. The number of esters is 1. The second kappa shape index (κ2) is 7.14. The van der Waals surface area contributed by atoms with Crippen LogP contribution in [0.1, 0.15) is 46.5 Å². The summed E-state index contributed by atoms with van der Waals surface area (Å²) in [6.07, 6.45) is 4.15. The van der Waals surface area contributed by atoms with Gasteiger partial charge in [-0.15, -0.1) is 0 Å². The number of rotatable bonds is 3. The second-order valence-corrected chi connectivity index (χ2v) is 8.89. The molecular formula is C19H32N2O4. The summed E-state index contributed by atoms with van der Waals surface area (Å²) in [5.41, 5.74) is -0.426. The van der Waals surface area contributed by atoms with Gasteiger partial charge in [-0.3, -0.25) is 4.79 Å². The van der Waals surface area contributed by atoms with Crippen molar-refractivity contribution in [2.45, 2.75) is 58.1 Å². The van der Waals surface area contributed by atoms with Crippen LogP contribution >= 0.6 is 0 Å². The van der Waals surface area contributed by atoms with Crippen molar-refractivity contribution in [2.24, 2.45) is 17.8 Å². The van der Waals surface area contributed by atoms with Crippen LogP contribution in [0.5, 0.6) is 0 Å². The molecule has 0 radical (unpaired) electrons. The molecule has 1 saturated carbocycles. The van der Waals surface area contributed by atoms with Crippen LogP contribution in [0.2, 0.25) is 0 Å². The molecular weight excluding hydrogens is 320 g/mol. The van der Waals surface area contributed by atoms with Gasteiger partial charge in [-0.25, -0.2) is 4.79 Å². The Kier molecular flexibility index (Phi) is 5.28. The Labute approximate surface area is 150 Å². The molecule has 2 aliphatic heterocycles. The molecule has 3 rings (SSSR count). The van der Waals surface area contributed by atoms with Crippen LogP contribution in [-0.4, -0.2) is 66.8 Å². The molecule has 6 nitrogen and oxygen atoms in total. The zero-order chi connectivity index (χ0) is 18.2. The number of carbonyl (C=O) groups is 2. The summed E-state index contributed by atoms with van der Waals surface area (Å²) >= 11 is 0. The number of methoxy groups -OCH3 is 1. The van der Waals surface area contributed by atoms with Gasteiger partial charge in [0.2, 0.25) is 0 Å². The predicted octanol–water partition coefficient (Wildman–Crippen LogP) is 2.52. The smallest absolute Gasteiger partial charge is 0.410 e. The number of amides is 1. The zero-order valence-electron chi connectivity index (χ0n) is 16.0. The van der Waals surface area contributed by atoms with Crippen LogP contribution in [0.4, 0.5) is 4.79 Å². The molecule has 0 aromatic rings. The van der Waals surface area contributed by atoms with Gasteiger partial charge in [-0.2, -0.15) is 0 Å². The van der Waals surface area contributed by atoms with Crippen molar-refractivity contribution in [1.29, 1.82) is 0 Å². The van der Waals surface area contributed by atoms with Crippen LogP contribution in [-0.2, 0) is 14.3 Å². The van der Waals surface area contributed by atoms with E-state index in [4.69, 9.17) is 9.47 Å². The van der Waals surface area contributed by atoms with E-state index in [0.29, 0.717) is 17.9 Å². The number of nitrogens with zero attached hydrogens (tertiary/aromatic N) is 2. The molecule has 2 saturated heterocycles. The van der Waals surface area contributed by atoms with Crippen molar-refractivity contribution in [1.82, 2.24) is 9.80 Å². The molecule has 142 valence electrons. The number of likely N-dealkylation sites (tertiary alicyclic amines) is 2. The Hall–Kier alpha value is -1.30. The SMILES string of the molecule is COC(=O)C1CC(N2CCC[C@H](C3CN(C(=O)OC(C)(C)C)C3)C2)C1. The summed E-state index contributed by atoms with van der Waals surface area (Å²) in [5, 5.41) is 0.